The van der Waals surface area contributed by atoms with E-state index in [2.05, 4.69) is 24.1 Å². The van der Waals surface area contributed by atoms with Crippen LogP contribution in [0.25, 0.3) is 0 Å². The summed E-state index contributed by atoms with van der Waals surface area (Å²) in [7, 11) is 0. The van der Waals surface area contributed by atoms with Crippen molar-refractivity contribution < 1.29 is 27.9 Å². The number of carbonyl (C=O) groups is 2. The summed E-state index contributed by atoms with van der Waals surface area (Å²) in [6, 6.07) is 3.80. The van der Waals surface area contributed by atoms with Gasteiger partial charge in [-0.15, -0.1) is 0 Å². The van der Waals surface area contributed by atoms with Gasteiger partial charge in [0, 0.05) is 25.2 Å². The number of carbonyl (C=O) groups excluding carboxylic acids is 1. The SMILES string of the molecule is CC(C)[C@]1(C(=O)N2CCc3ccc(C(F)(F)F)cc3C2)CCC(N2CCC(N[C@H](C)C(=O)O)CC2)C1. The summed E-state index contributed by atoms with van der Waals surface area (Å²) in [6.45, 7) is 8.35. The van der Waals surface area contributed by atoms with Crippen molar-refractivity contribution in [1.82, 2.24) is 15.1 Å². The number of hydrogen-bond acceptors (Lipinski definition) is 4. The molecule has 1 saturated carbocycles. The fraction of sp³-hybridized carbons (Fsp3) is 0.704. The van der Waals surface area contributed by atoms with Gasteiger partial charge in [-0.2, -0.15) is 13.2 Å². The number of carboxylic acid groups (broad SMARTS) is 1. The van der Waals surface area contributed by atoms with Crippen LogP contribution >= 0.6 is 0 Å². The number of benzene rings is 1. The lowest BCUT2D eigenvalue weighted by molar-refractivity contribution is -0.146. The van der Waals surface area contributed by atoms with Crippen molar-refractivity contribution >= 4 is 11.9 Å². The Balaban J connectivity index is 1.41. The van der Waals surface area contributed by atoms with Crippen LogP contribution < -0.4 is 5.32 Å². The van der Waals surface area contributed by atoms with E-state index in [-0.39, 0.29) is 24.4 Å². The summed E-state index contributed by atoms with van der Waals surface area (Å²) in [5.41, 5.74) is 0.328. The molecule has 1 saturated heterocycles. The Morgan fingerprint density at radius 3 is 2.39 bits per heavy atom. The molecular formula is C27H38F3N3O3. The number of alkyl halides is 3. The van der Waals surface area contributed by atoms with Gasteiger partial charge in [0.1, 0.15) is 6.04 Å². The Kier molecular flexibility index (Phi) is 7.72. The maximum absolute atomic E-state index is 13.9. The van der Waals surface area contributed by atoms with E-state index in [1.807, 2.05) is 0 Å². The molecule has 36 heavy (non-hydrogen) atoms. The summed E-state index contributed by atoms with van der Waals surface area (Å²) in [6.07, 6.45) is 0.409. The highest BCUT2D eigenvalue weighted by atomic mass is 19.4. The van der Waals surface area contributed by atoms with Crippen LogP contribution in [0.5, 0.6) is 0 Å². The number of nitrogens with zero attached hydrogens (tertiary/aromatic N) is 2. The van der Waals surface area contributed by atoms with Crippen LogP contribution in [-0.4, -0.2) is 64.5 Å². The number of piperidine rings is 1. The van der Waals surface area contributed by atoms with Crippen LogP contribution in [-0.2, 0) is 28.7 Å². The number of nitrogens with one attached hydrogen (secondary N) is 1. The monoisotopic (exact) mass is 509 g/mol. The molecule has 3 aliphatic rings. The molecule has 4 rings (SSSR count). The molecule has 6 nitrogen and oxygen atoms in total. The van der Waals surface area contributed by atoms with E-state index in [1.165, 1.54) is 6.07 Å². The van der Waals surface area contributed by atoms with Gasteiger partial charge in [-0.3, -0.25) is 9.59 Å². The first-order chi connectivity index (χ1) is 16.9. The zero-order valence-electron chi connectivity index (χ0n) is 21.4. The minimum Gasteiger partial charge on any atom is -0.480 e. The number of fused-ring (bicyclic) bond motifs is 1. The van der Waals surface area contributed by atoms with Gasteiger partial charge in [-0.25, -0.2) is 0 Å². The summed E-state index contributed by atoms with van der Waals surface area (Å²) in [5.74, 6) is -0.633. The average Bonchev–Trinajstić information content (AvgIpc) is 3.29. The lowest BCUT2D eigenvalue weighted by Crippen LogP contribution is -2.51. The topological polar surface area (TPSA) is 72.9 Å². The first kappa shape index (κ1) is 26.9. The van der Waals surface area contributed by atoms with Gasteiger partial charge in [0.05, 0.1) is 11.0 Å². The van der Waals surface area contributed by atoms with Crippen molar-refractivity contribution in [2.45, 2.75) is 90.1 Å². The molecule has 2 heterocycles. The number of amides is 1. The van der Waals surface area contributed by atoms with Gasteiger partial charge >= 0.3 is 12.1 Å². The highest BCUT2D eigenvalue weighted by Gasteiger charge is 2.51. The fourth-order valence-electron chi connectivity index (χ4n) is 6.40. The molecule has 9 heteroatoms. The Morgan fingerprint density at radius 2 is 1.78 bits per heavy atom. The molecule has 2 fully saturated rings. The number of carboxylic acids is 1. The number of hydrogen-bond donors (Lipinski definition) is 2. The summed E-state index contributed by atoms with van der Waals surface area (Å²) in [5, 5.41) is 12.3. The molecule has 1 unspecified atom stereocenters. The Hall–Kier alpha value is -2.13. The second-order valence-corrected chi connectivity index (χ2v) is 11.2. The van der Waals surface area contributed by atoms with E-state index in [4.69, 9.17) is 5.11 Å². The molecule has 1 aromatic rings. The standard InChI is InChI=1S/C27H38F3N3O3/c1-17(2)26(10-6-23(15-26)32-12-8-22(9-13-32)31-18(3)24(34)35)25(36)33-11-7-19-4-5-21(27(28,29)30)14-20(19)16-33/h4-5,14,17-18,22-23,31H,6-13,15-16H2,1-3H3,(H,34,35)/t18-,23?,26+/m1/s1. The average molecular weight is 510 g/mol. The third-order valence-electron chi connectivity index (χ3n) is 8.79. The van der Waals surface area contributed by atoms with Crippen molar-refractivity contribution in [1.29, 1.82) is 0 Å². The van der Waals surface area contributed by atoms with Crippen molar-refractivity contribution in [3.05, 3.63) is 34.9 Å². The lowest BCUT2D eigenvalue weighted by atomic mass is 9.73. The van der Waals surface area contributed by atoms with Crippen LogP contribution in [0.4, 0.5) is 13.2 Å². The molecule has 0 radical (unpaired) electrons. The summed E-state index contributed by atoms with van der Waals surface area (Å²) in [4.78, 5) is 29.3. The largest absolute Gasteiger partial charge is 0.480 e. The van der Waals surface area contributed by atoms with E-state index in [9.17, 15) is 22.8 Å². The zero-order valence-corrected chi connectivity index (χ0v) is 21.4. The van der Waals surface area contributed by atoms with Crippen molar-refractivity contribution in [2.24, 2.45) is 11.3 Å². The molecule has 200 valence electrons. The van der Waals surface area contributed by atoms with Gasteiger partial charge in [0.2, 0.25) is 5.91 Å². The van der Waals surface area contributed by atoms with E-state index < -0.39 is 29.2 Å². The molecule has 0 aromatic heterocycles. The number of likely N-dealkylation sites (tertiary alicyclic amines) is 1. The normalized spacial score (nSPS) is 26.8. The minimum atomic E-state index is -4.40. The van der Waals surface area contributed by atoms with E-state index in [1.54, 1.807) is 17.9 Å². The molecule has 3 atom stereocenters. The Morgan fingerprint density at radius 1 is 1.08 bits per heavy atom. The quantitative estimate of drug-likeness (QED) is 0.598. The van der Waals surface area contributed by atoms with Crippen LogP contribution in [0.3, 0.4) is 0 Å². The van der Waals surface area contributed by atoms with Gasteiger partial charge in [0.25, 0.3) is 0 Å². The third kappa shape index (κ3) is 5.42. The number of aliphatic carboxylic acids is 1. The zero-order chi connectivity index (χ0) is 26.3. The van der Waals surface area contributed by atoms with Crippen molar-refractivity contribution in [2.75, 3.05) is 19.6 Å². The predicted octanol–water partition coefficient (Wildman–Crippen LogP) is 4.31. The molecule has 0 bridgehead atoms. The predicted molar refractivity (Wildman–Crippen MR) is 130 cm³/mol. The highest BCUT2D eigenvalue weighted by Crippen LogP contribution is 2.48. The molecule has 1 aromatic carbocycles. The minimum absolute atomic E-state index is 0.0786. The number of rotatable bonds is 6. The van der Waals surface area contributed by atoms with Crippen molar-refractivity contribution in [3.8, 4) is 0 Å². The smallest absolute Gasteiger partial charge is 0.416 e. The van der Waals surface area contributed by atoms with Crippen LogP contribution in [0.1, 0.15) is 69.6 Å². The molecule has 1 aliphatic carbocycles. The molecule has 1 amide bonds. The first-order valence-corrected chi connectivity index (χ1v) is 13.1. The van der Waals surface area contributed by atoms with E-state index in [0.717, 1.165) is 56.8 Å². The molecule has 2 N–H and O–H groups in total. The van der Waals surface area contributed by atoms with Gasteiger partial charge in [-0.1, -0.05) is 19.9 Å². The van der Waals surface area contributed by atoms with E-state index >= 15 is 0 Å². The molecular weight excluding hydrogens is 471 g/mol. The maximum Gasteiger partial charge on any atom is 0.416 e. The van der Waals surface area contributed by atoms with Gasteiger partial charge in [-0.05, 0) is 87.7 Å². The Bertz CT molecular complexity index is 975. The number of halogens is 3. The van der Waals surface area contributed by atoms with Crippen LogP contribution in [0, 0.1) is 11.3 Å². The molecule has 0 spiro atoms. The van der Waals surface area contributed by atoms with Crippen molar-refractivity contribution in [3.63, 3.8) is 0 Å². The van der Waals surface area contributed by atoms with Gasteiger partial charge in [0.15, 0.2) is 0 Å². The van der Waals surface area contributed by atoms with Gasteiger partial charge < -0.3 is 20.2 Å². The second-order valence-electron chi connectivity index (χ2n) is 11.2. The lowest BCUT2D eigenvalue weighted by Gasteiger charge is -2.41. The summed E-state index contributed by atoms with van der Waals surface area (Å²) < 4.78 is 39.8. The van der Waals surface area contributed by atoms with E-state index in [0.29, 0.717) is 24.6 Å². The highest BCUT2D eigenvalue weighted by molar-refractivity contribution is 5.84. The Labute approximate surface area is 211 Å². The second kappa shape index (κ2) is 10.3. The first-order valence-electron chi connectivity index (χ1n) is 13.1. The van der Waals surface area contributed by atoms with Crippen LogP contribution in [0.2, 0.25) is 0 Å². The fourth-order valence-corrected chi connectivity index (χ4v) is 6.40. The third-order valence-corrected chi connectivity index (χ3v) is 8.79. The van der Waals surface area contributed by atoms with Crippen LogP contribution in [0.15, 0.2) is 18.2 Å². The maximum atomic E-state index is 13.9. The molecule has 2 aliphatic heterocycles. The summed E-state index contributed by atoms with van der Waals surface area (Å²) >= 11 is 0.